The van der Waals surface area contributed by atoms with Gasteiger partial charge in [-0.2, -0.15) is 0 Å². The summed E-state index contributed by atoms with van der Waals surface area (Å²) in [7, 11) is 0. The highest BCUT2D eigenvalue weighted by atomic mass is 79.9. The minimum atomic E-state index is -0.545. The number of nitrogens with two attached hydrogens (primary N) is 1. The minimum Gasteiger partial charge on any atom is -0.483 e. The first-order chi connectivity index (χ1) is 13.5. The second-order valence-electron chi connectivity index (χ2n) is 5.83. The van der Waals surface area contributed by atoms with E-state index in [0.717, 1.165) is 11.3 Å². The van der Waals surface area contributed by atoms with Crippen LogP contribution in [0.1, 0.15) is 12.5 Å². The smallest absolute Gasteiger partial charge is 0.266 e. The van der Waals surface area contributed by atoms with E-state index < -0.39 is 5.91 Å². The number of carbonyl (C=O) groups is 2. The summed E-state index contributed by atoms with van der Waals surface area (Å²) in [5, 5.41) is 0.658. The van der Waals surface area contributed by atoms with Gasteiger partial charge in [0.1, 0.15) is 5.75 Å². The number of thioether (sulfide) groups is 1. The van der Waals surface area contributed by atoms with Gasteiger partial charge in [0, 0.05) is 6.54 Å². The van der Waals surface area contributed by atoms with E-state index in [1.165, 1.54) is 11.8 Å². The monoisotopic (exact) mass is 459 g/mol. The van der Waals surface area contributed by atoms with Gasteiger partial charge in [0.15, 0.2) is 11.8 Å². The summed E-state index contributed by atoms with van der Waals surface area (Å²) >= 11 is 4.76. The van der Waals surface area contributed by atoms with Gasteiger partial charge in [0.05, 0.1) is 15.1 Å². The summed E-state index contributed by atoms with van der Waals surface area (Å²) in [6, 6.07) is 14.9. The number of amides is 2. The Labute approximate surface area is 175 Å². The quantitative estimate of drug-likeness (QED) is 0.662. The van der Waals surface area contributed by atoms with Gasteiger partial charge in [-0.05, 0) is 70.5 Å². The highest BCUT2D eigenvalue weighted by Gasteiger charge is 2.32. The van der Waals surface area contributed by atoms with E-state index in [4.69, 9.17) is 10.5 Å². The standard InChI is InChI=1S/C20H18BrN3O3S/c1-2-24-19(26)17(28-20(24)23-14-6-4-3-5-7-14)11-13-8-9-16(15(21)10-13)27-12-18(22)25/h3-11H,2,12H2,1H3,(H2,22,25). The third kappa shape index (κ3) is 4.82. The molecule has 28 heavy (non-hydrogen) atoms. The van der Waals surface area contributed by atoms with Gasteiger partial charge in [0.25, 0.3) is 11.8 Å². The summed E-state index contributed by atoms with van der Waals surface area (Å²) in [5.41, 5.74) is 6.72. The number of primary amides is 1. The first-order valence-corrected chi connectivity index (χ1v) is 10.1. The molecule has 0 bridgehead atoms. The molecular weight excluding hydrogens is 442 g/mol. The zero-order valence-corrected chi connectivity index (χ0v) is 17.5. The number of hydrogen-bond acceptors (Lipinski definition) is 5. The normalized spacial score (nSPS) is 16.8. The first kappa shape index (κ1) is 20.2. The summed E-state index contributed by atoms with van der Waals surface area (Å²) in [4.78, 5) is 30.4. The lowest BCUT2D eigenvalue weighted by atomic mass is 10.2. The summed E-state index contributed by atoms with van der Waals surface area (Å²) in [6.45, 7) is 2.26. The molecule has 0 spiro atoms. The Hall–Kier alpha value is -2.58. The number of likely N-dealkylation sites (N-methyl/N-ethyl adjacent to an activating group) is 1. The average molecular weight is 460 g/mol. The zero-order valence-electron chi connectivity index (χ0n) is 15.1. The number of nitrogens with zero attached hydrogens (tertiary/aromatic N) is 2. The van der Waals surface area contributed by atoms with Crippen LogP contribution in [0.15, 0.2) is 62.9 Å². The Morgan fingerprint density at radius 1 is 1.29 bits per heavy atom. The van der Waals surface area contributed by atoms with Crippen LogP contribution in [-0.2, 0) is 9.59 Å². The molecule has 1 aliphatic heterocycles. The molecule has 0 aliphatic carbocycles. The zero-order chi connectivity index (χ0) is 20.1. The van der Waals surface area contributed by atoms with Crippen LogP contribution in [0.25, 0.3) is 6.08 Å². The summed E-state index contributed by atoms with van der Waals surface area (Å²) in [6.07, 6.45) is 1.81. The van der Waals surface area contributed by atoms with Crippen LogP contribution < -0.4 is 10.5 Å². The van der Waals surface area contributed by atoms with Gasteiger partial charge in [-0.1, -0.05) is 24.3 Å². The molecule has 0 saturated carbocycles. The number of rotatable bonds is 6. The van der Waals surface area contributed by atoms with Crippen molar-refractivity contribution in [3.63, 3.8) is 0 Å². The third-order valence-electron chi connectivity index (χ3n) is 3.81. The Balaban J connectivity index is 1.84. The van der Waals surface area contributed by atoms with E-state index in [1.807, 2.05) is 55.5 Å². The van der Waals surface area contributed by atoms with Gasteiger partial charge >= 0.3 is 0 Å². The van der Waals surface area contributed by atoms with Crippen LogP contribution in [0.4, 0.5) is 5.69 Å². The number of ether oxygens (including phenoxy) is 1. The number of para-hydroxylation sites is 1. The maximum Gasteiger partial charge on any atom is 0.266 e. The molecule has 8 heteroatoms. The molecule has 2 aromatic rings. The maximum atomic E-state index is 12.7. The molecule has 2 aromatic carbocycles. The SMILES string of the molecule is CCN1C(=O)C(=Cc2ccc(OCC(N)=O)c(Br)c2)SC1=Nc1ccccc1. The van der Waals surface area contributed by atoms with Gasteiger partial charge < -0.3 is 10.5 Å². The molecule has 2 N–H and O–H groups in total. The Kier molecular flexibility index (Phi) is 6.53. The highest BCUT2D eigenvalue weighted by Crippen LogP contribution is 2.35. The highest BCUT2D eigenvalue weighted by molar-refractivity contribution is 9.10. The van der Waals surface area contributed by atoms with Gasteiger partial charge in [0.2, 0.25) is 0 Å². The fourth-order valence-corrected chi connectivity index (χ4v) is 4.08. The molecule has 1 aliphatic rings. The largest absolute Gasteiger partial charge is 0.483 e. The van der Waals surface area contributed by atoms with Crippen molar-refractivity contribution in [2.45, 2.75) is 6.92 Å². The summed E-state index contributed by atoms with van der Waals surface area (Å²) < 4.78 is 5.99. The molecular formula is C20H18BrN3O3S. The van der Waals surface area contributed by atoms with E-state index in [9.17, 15) is 9.59 Å². The molecule has 1 saturated heterocycles. The second-order valence-corrected chi connectivity index (χ2v) is 7.70. The topological polar surface area (TPSA) is 85.0 Å². The van der Waals surface area contributed by atoms with Crippen LogP contribution >= 0.6 is 27.7 Å². The van der Waals surface area contributed by atoms with E-state index in [0.29, 0.717) is 26.8 Å². The molecule has 0 aromatic heterocycles. The molecule has 3 rings (SSSR count). The molecule has 1 fully saturated rings. The number of carbonyl (C=O) groups excluding carboxylic acids is 2. The maximum absolute atomic E-state index is 12.7. The number of benzene rings is 2. The van der Waals surface area contributed by atoms with E-state index in [-0.39, 0.29) is 12.5 Å². The van der Waals surface area contributed by atoms with Gasteiger partial charge in [-0.15, -0.1) is 0 Å². The third-order valence-corrected chi connectivity index (χ3v) is 5.44. The van der Waals surface area contributed by atoms with Crippen molar-refractivity contribution in [1.29, 1.82) is 0 Å². The predicted molar refractivity (Wildman–Crippen MR) is 115 cm³/mol. The van der Waals surface area contributed by atoms with E-state index in [2.05, 4.69) is 20.9 Å². The van der Waals surface area contributed by atoms with Crippen LogP contribution in [0.5, 0.6) is 5.75 Å². The Morgan fingerprint density at radius 2 is 2.04 bits per heavy atom. The Bertz CT molecular complexity index is 960. The molecule has 0 radical (unpaired) electrons. The second kappa shape index (κ2) is 9.07. The van der Waals surface area contributed by atoms with Crippen LogP contribution in [-0.4, -0.2) is 35.0 Å². The Morgan fingerprint density at radius 3 is 2.68 bits per heavy atom. The number of aliphatic imine (C=N–C) groups is 1. The molecule has 0 unspecified atom stereocenters. The number of hydrogen-bond donors (Lipinski definition) is 1. The molecule has 1 heterocycles. The molecule has 144 valence electrons. The van der Waals surface area contributed by atoms with E-state index >= 15 is 0 Å². The van der Waals surface area contributed by atoms with Gasteiger partial charge in [-0.25, -0.2) is 4.99 Å². The lowest BCUT2D eigenvalue weighted by molar-refractivity contribution is -0.122. The van der Waals surface area contributed by atoms with Crippen molar-refractivity contribution < 1.29 is 14.3 Å². The fraction of sp³-hybridized carbons (Fsp3) is 0.150. The van der Waals surface area contributed by atoms with Crippen molar-refractivity contribution in [3.05, 3.63) is 63.5 Å². The molecule has 2 amide bonds. The van der Waals surface area contributed by atoms with Gasteiger partial charge in [-0.3, -0.25) is 14.5 Å². The van der Waals surface area contributed by atoms with Crippen LogP contribution in [0.2, 0.25) is 0 Å². The number of halogens is 1. The number of amidine groups is 1. The van der Waals surface area contributed by atoms with Crippen LogP contribution in [0, 0.1) is 0 Å². The van der Waals surface area contributed by atoms with Crippen molar-refractivity contribution in [2.24, 2.45) is 10.7 Å². The first-order valence-electron chi connectivity index (χ1n) is 8.53. The summed E-state index contributed by atoms with van der Waals surface area (Å²) in [5.74, 6) is -0.115. The van der Waals surface area contributed by atoms with Crippen molar-refractivity contribution in [1.82, 2.24) is 4.90 Å². The van der Waals surface area contributed by atoms with E-state index in [1.54, 1.807) is 11.0 Å². The van der Waals surface area contributed by atoms with Crippen molar-refractivity contribution >= 4 is 56.4 Å². The van der Waals surface area contributed by atoms with Crippen molar-refractivity contribution in [2.75, 3.05) is 13.2 Å². The lowest BCUT2D eigenvalue weighted by Gasteiger charge is -2.11. The van der Waals surface area contributed by atoms with Crippen molar-refractivity contribution in [3.8, 4) is 5.75 Å². The fourth-order valence-electron chi connectivity index (χ4n) is 2.51. The molecule has 6 nitrogen and oxygen atoms in total. The lowest BCUT2D eigenvalue weighted by Crippen LogP contribution is -2.28. The predicted octanol–water partition coefficient (Wildman–Crippen LogP) is 3.94. The van der Waals surface area contributed by atoms with Crippen LogP contribution in [0.3, 0.4) is 0 Å². The average Bonchev–Trinajstić information content (AvgIpc) is 2.96. The molecule has 0 atom stereocenters. The minimum absolute atomic E-state index is 0.0765.